The van der Waals surface area contributed by atoms with Crippen molar-refractivity contribution < 1.29 is 9.47 Å². The zero-order valence-electron chi connectivity index (χ0n) is 14.4. The van der Waals surface area contributed by atoms with Crippen molar-refractivity contribution in [1.29, 1.82) is 0 Å². The molecular weight excluding hydrogens is 288 g/mol. The van der Waals surface area contributed by atoms with Gasteiger partial charge >= 0.3 is 0 Å². The molecule has 0 saturated carbocycles. The Kier molecular flexibility index (Phi) is 7.25. The fraction of sp³-hybridized carbons (Fsp3) is 0.579. The van der Waals surface area contributed by atoms with Crippen LogP contribution in [0.2, 0.25) is 0 Å². The molecule has 0 radical (unpaired) electrons. The molecule has 1 heterocycles. The lowest BCUT2D eigenvalue weighted by atomic mass is 10.0. The number of nitrogens with one attached hydrogen (secondary N) is 1. The number of anilines is 1. The van der Waals surface area contributed by atoms with Gasteiger partial charge in [0, 0.05) is 33.2 Å². The molecule has 23 heavy (non-hydrogen) atoms. The van der Waals surface area contributed by atoms with E-state index < -0.39 is 0 Å². The minimum Gasteiger partial charge on any atom is -0.490 e. The van der Waals surface area contributed by atoms with E-state index in [1.807, 2.05) is 0 Å². The third-order valence-electron chi connectivity index (χ3n) is 4.23. The Hall–Kier alpha value is -1.70. The Morgan fingerprint density at radius 2 is 2.26 bits per heavy atom. The highest BCUT2D eigenvalue weighted by Gasteiger charge is 2.21. The maximum atomic E-state index is 5.84. The first-order valence-corrected chi connectivity index (χ1v) is 8.41. The van der Waals surface area contributed by atoms with Crippen LogP contribution in [0.3, 0.4) is 0 Å². The topological polar surface area (TPSA) is 33.7 Å². The van der Waals surface area contributed by atoms with Gasteiger partial charge in [0.25, 0.3) is 0 Å². The summed E-state index contributed by atoms with van der Waals surface area (Å²) in [6.45, 7) is 7.54. The largest absolute Gasteiger partial charge is 0.490 e. The number of ether oxygens (including phenoxy) is 2. The van der Waals surface area contributed by atoms with Crippen molar-refractivity contribution in [2.24, 2.45) is 0 Å². The minimum absolute atomic E-state index is 0.756. The maximum Gasteiger partial charge on any atom is 0.142 e. The lowest BCUT2D eigenvalue weighted by Crippen LogP contribution is -2.34. The van der Waals surface area contributed by atoms with Crippen molar-refractivity contribution in [3.8, 4) is 18.1 Å². The van der Waals surface area contributed by atoms with Gasteiger partial charge in [-0.05, 0) is 43.5 Å². The average molecular weight is 316 g/mol. The Balaban J connectivity index is 2.03. The van der Waals surface area contributed by atoms with E-state index in [-0.39, 0.29) is 0 Å². The molecular formula is C19H28N2O2. The van der Waals surface area contributed by atoms with Crippen molar-refractivity contribution in [3.63, 3.8) is 0 Å². The van der Waals surface area contributed by atoms with Crippen LogP contribution in [0.1, 0.15) is 24.0 Å². The van der Waals surface area contributed by atoms with Crippen LogP contribution in [0, 0.1) is 19.3 Å². The van der Waals surface area contributed by atoms with Crippen LogP contribution >= 0.6 is 0 Å². The number of terminal acetylenes is 1. The monoisotopic (exact) mass is 316 g/mol. The summed E-state index contributed by atoms with van der Waals surface area (Å²) in [6, 6.07) is 4.30. The number of hydrogen-bond donors (Lipinski definition) is 1. The van der Waals surface area contributed by atoms with Crippen LogP contribution in [-0.2, 0) is 11.2 Å². The predicted octanol–water partition coefficient (Wildman–Crippen LogP) is 2.39. The molecule has 0 aliphatic carbocycles. The molecule has 1 aromatic carbocycles. The first-order valence-electron chi connectivity index (χ1n) is 8.41. The number of nitrogens with zero attached hydrogens (tertiary/aromatic N) is 1. The Labute approximate surface area is 140 Å². The van der Waals surface area contributed by atoms with E-state index >= 15 is 0 Å². The van der Waals surface area contributed by atoms with Crippen LogP contribution in [0.25, 0.3) is 0 Å². The highest BCUT2D eigenvalue weighted by atomic mass is 16.5. The molecule has 0 atom stereocenters. The van der Waals surface area contributed by atoms with E-state index in [0.29, 0.717) is 0 Å². The van der Waals surface area contributed by atoms with Crippen molar-refractivity contribution in [2.75, 3.05) is 51.4 Å². The lowest BCUT2D eigenvalue weighted by Gasteiger charge is -2.33. The smallest absolute Gasteiger partial charge is 0.142 e. The highest BCUT2D eigenvalue weighted by molar-refractivity contribution is 5.67. The molecule has 0 aromatic heterocycles. The van der Waals surface area contributed by atoms with Gasteiger partial charge < -0.3 is 19.7 Å². The fourth-order valence-electron chi connectivity index (χ4n) is 3.01. The second-order valence-electron chi connectivity index (χ2n) is 5.83. The summed E-state index contributed by atoms with van der Waals surface area (Å²) in [5, 5.41) is 3.39. The van der Waals surface area contributed by atoms with Gasteiger partial charge in [-0.2, -0.15) is 0 Å². The average Bonchev–Trinajstić information content (AvgIpc) is 2.57. The van der Waals surface area contributed by atoms with Crippen LogP contribution in [0.4, 0.5) is 5.69 Å². The van der Waals surface area contributed by atoms with E-state index in [9.17, 15) is 0 Å². The van der Waals surface area contributed by atoms with Crippen molar-refractivity contribution in [3.05, 3.63) is 23.3 Å². The molecule has 4 nitrogen and oxygen atoms in total. The predicted molar refractivity (Wildman–Crippen MR) is 95.4 cm³/mol. The summed E-state index contributed by atoms with van der Waals surface area (Å²) in [5.41, 5.74) is 3.96. The van der Waals surface area contributed by atoms with Crippen LogP contribution < -0.4 is 15.0 Å². The lowest BCUT2D eigenvalue weighted by molar-refractivity contribution is 0.195. The second kappa shape index (κ2) is 9.44. The zero-order valence-corrected chi connectivity index (χ0v) is 14.4. The number of rotatable bonds is 9. The molecule has 2 rings (SSSR count). The summed E-state index contributed by atoms with van der Waals surface area (Å²) >= 11 is 0. The van der Waals surface area contributed by atoms with Crippen molar-refractivity contribution >= 4 is 5.69 Å². The SMILES string of the molecule is C#CCCNCCc1ccc2c(c1C)N(CCCOC)CCO2. The molecule has 0 amide bonds. The zero-order chi connectivity index (χ0) is 16.5. The van der Waals surface area contributed by atoms with Crippen LogP contribution in [0.5, 0.6) is 5.75 Å². The molecule has 1 aromatic rings. The Bertz CT molecular complexity index is 537. The second-order valence-corrected chi connectivity index (χ2v) is 5.83. The summed E-state index contributed by atoms with van der Waals surface area (Å²) in [6.07, 6.45) is 8.10. The van der Waals surface area contributed by atoms with Gasteiger partial charge in [-0.1, -0.05) is 6.07 Å². The number of hydrogen-bond acceptors (Lipinski definition) is 4. The van der Waals surface area contributed by atoms with Gasteiger partial charge in [-0.3, -0.25) is 0 Å². The maximum absolute atomic E-state index is 5.84. The summed E-state index contributed by atoms with van der Waals surface area (Å²) in [5.74, 6) is 3.66. The summed E-state index contributed by atoms with van der Waals surface area (Å²) in [7, 11) is 1.75. The first-order chi connectivity index (χ1) is 11.3. The van der Waals surface area contributed by atoms with Crippen molar-refractivity contribution in [2.45, 2.75) is 26.2 Å². The molecule has 0 saturated heterocycles. The van der Waals surface area contributed by atoms with Gasteiger partial charge in [-0.15, -0.1) is 12.3 Å². The number of fused-ring (bicyclic) bond motifs is 1. The van der Waals surface area contributed by atoms with Crippen LogP contribution in [-0.4, -0.2) is 46.5 Å². The standard InChI is InChI=1S/C19H28N2O2/c1-4-5-10-20-11-9-17-7-8-18-19(16(17)2)21(13-15-23-18)12-6-14-22-3/h1,7-8,20H,5-6,9-15H2,2-3H3. The van der Waals surface area contributed by atoms with Gasteiger partial charge in [0.2, 0.25) is 0 Å². The quantitative estimate of drug-likeness (QED) is 0.560. The molecule has 0 fully saturated rings. The van der Waals surface area contributed by atoms with Gasteiger partial charge in [0.15, 0.2) is 0 Å². The molecule has 0 spiro atoms. The fourth-order valence-corrected chi connectivity index (χ4v) is 3.01. The van der Waals surface area contributed by atoms with E-state index in [2.05, 4.69) is 35.2 Å². The summed E-state index contributed by atoms with van der Waals surface area (Å²) < 4.78 is 11.0. The Morgan fingerprint density at radius 1 is 1.39 bits per heavy atom. The number of benzene rings is 1. The van der Waals surface area contributed by atoms with Gasteiger partial charge in [0.05, 0.1) is 12.2 Å². The molecule has 0 bridgehead atoms. The van der Waals surface area contributed by atoms with Crippen molar-refractivity contribution in [1.82, 2.24) is 5.32 Å². The molecule has 126 valence electrons. The molecule has 1 N–H and O–H groups in total. The minimum atomic E-state index is 0.756. The van der Waals surface area contributed by atoms with E-state index in [4.69, 9.17) is 15.9 Å². The third kappa shape index (κ3) is 4.89. The third-order valence-corrected chi connectivity index (χ3v) is 4.23. The number of methoxy groups -OCH3 is 1. The first kappa shape index (κ1) is 17.7. The van der Waals surface area contributed by atoms with E-state index in [1.54, 1.807) is 7.11 Å². The van der Waals surface area contributed by atoms with E-state index in [0.717, 1.165) is 64.4 Å². The normalized spacial score (nSPS) is 13.3. The van der Waals surface area contributed by atoms with Crippen LogP contribution in [0.15, 0.2) is 12.1 Å². The van der Waals surface area contributed by atoms with Gasteiger partial charge in [-0.25, -0.2) is 0 Å². The Morgan fingerprint density at radius 3 is 3.04 bits per heavy atom. The van der Waals surface area contributed by atoms with E-state index in [1.165, 1.54) is 16.8 Å². The highest BCUT2D eigenvalue weighted by Crippen LogP contribution is 2.36. The molecule has 1 aliphatic heterocycles. The molecule has 1 aliphatic rings. The molecule has 4 heteroatoms. The van der Waals surface area contributed by atoms with Gasteiger partial charge in [0.1, 0.15) is 12.4 Å². The summed E-state index contributed by atoms with van der Waals surface area (Å²) in [4.78, 5) is 2.43. The molecule has 0 unspecified atom stereocenters.